The van der Waals surface area contributed by atoms with Crippen molar-refractivity contribution in [2.45, 2.75) is 13.1 Å². The van der Waals surface area contributed by atoms with E-state index in [2.05, 4.69) is 0 Å². The van der Waals surface area contributed by atoms with E-state index >= 15 is 0 Å². The fraction of sp³-hybridized carbons (Fsp3) is 0.300. The van der Waals surface area contributed by atoms with Crippen molar-refractivity contribution in [2.24, 2.45) is 0 Å². The molecule has 0 bridgehead atoms. The summed E-state index contributed by atoms with van der Waals surface area (Å²) < 4.78 is 39.1. The fourth-order valence-corrected chi connectivity index (χ4v) is 3.22. The molecule has 1 saturated heterocycles. The highest BCUT2D eigenvalue weighted by molar-refractivity contribution is 5.96. The van der Waals surface area contributed by atoms with Gasteiger partial charge in [0, 0.05) is 48.7 Å². The highest BCUT2D eigenvalue weighted by atomic mass is 19.4. The monoisotopic (exact) mass is 406 g/mol. The summed E-state index contributed by atoms with van der Waals surface area (Å²) in [7, 11) is 0. The van der Waals surface area contributed by atoms with E-state index in [1.807, 2.05) is 6.92 Å². The van der Waals surface area contributed by atoms with E-state index < -0.39 is 23.3 Å². The molecule has 1 fully saturated rings. The Morgan fingerprint density at radius 3 is 1.72 bits per heavy atom. The molecule has 6 nitrogen and oxygen atoms in total. The first-order valence-corrected chi connectivity index (χ1v) is 8.99. The van der Waals surface area contributed by atoms with Crippen LogP contribution >= 0.6 is 0 Å². The molecule has 3 rings (SSSR count). The summed E-state index contributed by atoms with van der Waals surface area (Å²) in [5.41, 5.74) is 11.5. The van der Waals surface area contributed by atoms with Gasteiger partial charge in [-0.25, -0.2) is 0 Å². The van der Waals surface area contributed by atoms with E-state index in [0.29, 0.717) is 11.3 Å². The van der Waals surface area contributed by atoms with Gasteiger partial charge in [0.2, 0.25) is 0 Å². The van der Waals surface area contributed by atoms with Crippen LogP contribution in [0.3, 0.4) is 0 Å². The van der Waals surface area contributed by atoms with Crippen molar-refractivity contribution >= 4 is 23.2 Å². The smallest absolute Gasteiger partial charge is 0.399 e. The van der Waals surface area contributed by atoms with Crippen molar-refractivity contribution in [1.29, 1.82) is 0 Å². The van der Waals surface area contributed by atoms with Crippen LogP contribution < -0.4 is 11.5 Å². The molecule has 9 heteroatoms. The van der Waals surface area contributed by atoms with Crippen LogP contribution in [0.4, 0.5) is 24.5 Å². The number of anilines is 2. The van der Waals surface area contributed by atoms with E-state index in [1.165, 1.54) is 11.0 Å². The Bertz CT molecular complexity index is 951. The first-order chi connectivity index (χ1) is 13.6. The normalized spacial score (nSPS) is 14.8. The first-order valence-electron chi connectivity index (χ1n) is 8.99. The lowest BCUT2D eigenvalue weighted by atomic mass is 10.1. The average Bonchev–Trinajstić information content (AvgIpc) is 2.68. The molecule has 0 saturated carbocycles. The summed E-state index contributed by atoms with van der Waals surface area (Å²) in [6.45, 7) is 2.84. The maximum Gasteiger partial charge on any atom is 0.418 e. The first kappa shape index (κ1) is 20.5. The van der Waals surface area contributed by atoms with Crippen molar-refractivity contribution in [3.05, 3.63) is 58.7 Å². The molecule has 1 aliphatic heterocycles. The van der Waals surface area contributed by atoms with Crippen molar-refractivity contribution in [3.63, 3.8) is 0 Å². The van der Waals surface area contributed by atoms with Crippen molar-refractivity contribution in [3.8, 4) is 0 Å². The number of nitrogen functional groups attached to an aromatic ring is 2. The Kier molecular flexibility index (Phi) is 5.41. The van der Waals surface area contributed by atoms with Crippen LogP contribution in [0.2, 0.25) is 0 Å². The molecule has 2 amide bonds. The third-order valence-electron chi connectivity index (χ3n) is 4.98. The fourth-order valence-electron chi connectivity index (χ4n) is 3.22. The zero-order chi connectivity index (χ0) is 21.3. The van der Waals surface area contributed by atoms with Crippen LogP contribution in [-0.4, -0.2) is 47.8 Å². The number of nitrogens with two attached hydrogens (primary N) is 2. The number of hydrogen-bond acceptors (Lipinski definition) is 4. The van der Waals surface area contributed by atoms with Crippen LogP contribution in [-0.2, 0) is 6.18 Å². The number of piperazine rings is 1. The van der Waals surface area contributed by atoms with Crippen LogP contribution in [0, 0.1) is 6.92 Å². The summed E-state index contributed by atoms with van der Waals surface area (Å²) >= 11 is 0. The molecule has 4 N–H and O–H groups in total. The van der Waals surface area contributed by atoms with Crippen LogP contribution in [0.15, 0.2) is 36.4 Å². The maximum atomic E-state index is 13.0. The van der Waals surface area contributed by atoms with Gasteiger partial charge in [-0.2, -0.15) is 13.2 Å². The Labute approximate surface area is 165 Å². The number of rotatable bonds is 2. The lowest BCUT2D eigenvalue weighted by Crippen LogP contribution is -2.50. The number of carbonyl (C=O) groups excluding carboxylic acids is 2. The molecule has 0 unspecified atom stereocenters. The second kappa shape index (κ2) is 7.65. The molecule has 2 aromatic carbocycles. The molecule has 1 heterocycles. The van der Waals surface area contributed by atoms with Crippen molar-refractivity contribution in [1.82, 2.24) is 9.80 Å². The second-order valence-electron chi connectivity index (χ2n) is 6.96. The van der Waals surface area contributed by atoms with E-state index in [-0.39, 0.29) is 37.6 Å². The van der Waals surface area contributed by atoms with Gasteiger partial charge in [0.15, 0.2) is 0 Å². The number of carbonyl (C=O) groups is 2. The predicted molar refractivity (Wildman–Crippen MR) is 103 cm³/mol. The zero-order valence-electron chi connectivity index (χ0n) is 15.8. The third-order valence-corrected chi connectivity index (χ3v) is 4.98. The Hall–Kier alpha value is -3.23. The molecule has 0 aliphatic carbocycles. The standard InChI is InChI=1S/C20H21F3N4O2/c1-12-10-13(2-4-16(12)24)18(28)26-6-8-27(9-7-26)19(29)14-3-5-17(25)15(11-14)20(21,22)23/h2-5,10-11H,6-9,24-25H2,1H3. The highest BCUT2D eigenvalue weighted by Crippen LogP contribution is 2.34. The number of hydrogen-bond donors (Lipinski definition) is 2. The van der Waals surface area contributed by atoms with Crippen LogP contribution in [0.25, 0.3) is 0 Å². The second-order valence-corrected chi connectivity index (χ2v) is 6.96. The van der Waals surface area contributed by atoms with Gasteiger partial charge in [-0.1, -0.05) is 0 Å². The van der Waals surface area contributed by atoms with Crippen LogP contribution in [0.1, 0.15) is 31.8 Å². The molecule has 0 atom stereocenters. The van der Waals surface area contributed by atoms with Gasteiger partial charge in [0.05, 0.1) is 5.56 Å². The lowest BCUT2D eigenvalue weighted by molar-refractivity contribution is -0.136. The molecular weight excluding hydrogens is 385 g/mol. The van der Waals surface area contributed by atoms with Gasteiger partial charge in [-0.15, -0.1) is 0 Å². The molecule has 154 valence electrons. The van der Waals surface area contributed by atoms with Crippen molar-refractivity contribution in [2.75, 3.05) is 37.6 Å². The van der Waals surface area contributed by atoms with Crippen LogP contribution in [0.5, 0.6) is 0 Å². The minimum Gasteiger partial charge on any atom is -0.399 e. The van der Waals surface area contributed by atoms with Gasteiger partial charge < -0.3 is 21.3 Å². The van der Waals surface area contributed by atoms with E-state index in [0.717, 1.165) is 17.7 Å². The molecule has 2 aromatic rings. The zero-order valence-corrected chi connectivity index (χ0v) is 15.8. The van der Waals surface area contributed by atoms with E-state index in [9.17, 15) is 22.8 Å². The molecular formula is C20H21F3N4O2. The third kappa shape index (κ3) is 4.28. The molecule has 29 heavy (non-hydrogen) atoms. The predicted octanol–water partition coefficient (Wildman–Crippen LogP) is 2.78. The summed E-state index contributed by atoms with van der Waals surface area (Å²) in [6, 6.07) is 8.16. The average molecular weight is 406 g/mol. The summed E-state index contributed by atoms with van der Waals surface area (Å²) in [6.07, 6.45) is -4.64. The SMILES string of the molecule is Cc1cc(C(=O)N2CCN(C(=O)c3ccc(N)c(C(F)(F)F)c3)CC2)ccc1N. The number of alkyl halides is 3. The minimum absolute atomic E-state index is 0.0829. The number of benzene rings is 2. The minimum atomic E-state index is -4.64. The maximum absolute atomic E-state index is 13.0. The van der Waals surface area contributed by atoms with E-state index in [4.69, 9.17) is 11.5 Å². The summed E-state index contributed by atoms with van der Waals surface area (Å²) in [5, 5.41) is 0. The summed E-state index contributed by atoms with van der Waals surface area (Å²) in [5.74, 6) is -0.696. The van der Waals surface area contributed by atoms with Gasteiger partial charge in [-0.05, 0) is 48.9 Å². The summed E-state index contributed by atoms with van der Waals surface area (Å²) in [4.78, 5) is 28.3. The number of halogens is 3. The largest absolute Gasteiger partial charge is 0.418 e. The molecule has 0 radical (unpaired) electrons. The quantitative estimate of drug-likeness (QED) is 0.750. The Morgan fingerprint density at radius 2 is 1.28 bits per heavy atom. The number of amides is 2. The van der Waals surface area contributed by atoms with Gasteiger partial charge >= 0.3 is 6.18 Å². The van der Waals surface area contributed by atoms with Crippen molar-refractivity contribution < 1.29 is 22.8 Å². The topological polar surface area (TPSA) is 92.7 Å². The van der Waals surface area contributed by atoms with Gasteiger partial charge in [0.25, 0.3) is 11.8 Å². The Morgan fingerprint density at radius 1 is 0.828 bits per heavy atom. The molecule has 0 spiro atoms. The number of aryl methyl sites for hydroxylation is 1. The van der Waals surface area contributed by atoms with E-state index in [1.54, 1.807) is 23.1 Å². The highest BCUT2D eigenvalue weighted by Gasteiger charge is 2.34. The molecule has 1 aliphatic rings. The van der Waals surface area contributed by atoms with Gasteiger partial charge in [0.1, 0.15) is 0 Å². The number of nitrogens with zero attached hydrogens (tertiary/aromatic N) is 2. The molecule has 0 aromatic heterocycles. The lowest BCUT2D eigenvalue weighted by Gasteiger charge is -2.35. The Balaban J connectivity index is 1.68. The van der Waals surface area contributed by atoms with Gasteiger partial charge in [-0.3, -0.25) is 9.59 Å².